The van der Waals surface area contributed by atoms with E-state index in [-0.39, 0.29) is 51.0 Å². The summed E-state index contributed by atoms with van der Waals surface area (Å²) in [5.74, 6) is -1.34. The molecule has 34 heavy (non-hydrogen) atoms. The Balaban J connectivity index is 0.00000408. The van der Waals surface area contributed by atoms with E-state index < -0.39 is 21.9 Å². The van der Waals surface area contributed by atoms with E-state index in [1.807, 2.05) is 13.0 Å². The molecular formula is C25H25ClNNaO5S. The number of benzene rings is 3. The first-order valence-electron chi connectivity index (χ1n) is 10.4. The van der Waals surface area contributed by atoms with E-state index in [2.05, 4.69) is 5.32 Å². The van der Waals surface area contributed by atoms with Gasteiger partial charge in [-0.25, -0.2) is 8.42 Å². The smallest absolute Gasteiger partial charge is 0.545 e. The zero-order valence-electron chi connectivity index (χ0n) is 19.3. The van der Waals surface area contributed by atoms with Gasteiger partial charge in [-0.05, 0) is 73.4 Å². The first kappa shape index (κ1) is 28.5. The van der Waals surface area contributed by atoms with Crippen molar-refractivity contribution in [2.24, 2.45) is 0 Å². The molecule has 0 aliphatic carbocycles. The van der Waals surface area contributed by atoms with Gasteiger partial charge in [-0.2, -0.15) is 0 Å². The van der Waals surface area contributed by atoms with Gasteiger partial charge in [-0.1, -0.05) is 41.9 Å². The van der Waals surface area contributed by atoms with Crippen molar-refractivity contribution in [1.82, 2.24) is 5.32 Å². The normalized spacial score (nSPS) is 13.1. The van der Waals surface area contributed by atoms with Crippen LogP contribution in [0.15, 0.2) is 76.5 Å². The third-order valence-corrected chi connectivity index (χ3v) is 7.40. The molecule has 0 unspecified atom stereocenters. The number of hydrogen-bond donors (Lipinski definition) is 2. The van der Waals surface area contributed by atoms with Crippen LogP contribution in [-0.4, -0.2) is 32.1 Å². The Morgan fingerprint density at radius 1 is 1.06 bits per heavy atom. The van der Waals surface area contributed by atoms with Crippen molar-refractivity contribution < 1.29 is 53.0 Å². The van der Waals surface area contributed by atoms with Crippen LogP contribution >= 0.6 is 11.6 Å². The molecule has 3 aromatic rings. The van der Waals surface area contributed by atoms with Crippen LogP contribution in [0, 0.1) is 6.92 Å². The Morgan fingerprint density at radius 2 is 1.71 bits per heavy atom. The quantitative estimate of drug-likeness (QED) is 0.396. The molecule has 174 valence electrons. The number of carboxylic acid groups (broad SMARTS) is 1. The number of rotatable bonds is 9. The Kier molecular flexibility index (Phi) is 10.3. The second kappa shape index (κ2) is 12.3. The molecule has 3 rings (SSSR count). The van der Waals surface area contributed by atoms with E-state index in [1.54, 1.807) is 42.5 Å². The molecule has 0 aliphatic heterocycles. The fourth-order valence-corrected chi connectivity index (χ4v) is 5.09. The van der Waals surface area contributed by atoms with Gasteiger partial charge in [0.2, 0.25) is 9.84 Å². The van der Waals surface area contributed by atoms with E-state index in [0.717, 1.165) is 11.1 Å². The Hall–Kier alpha value is -1.71. The fraction of sp³-hybridized carbons (Fsp3) is 0.240. The Morgan fingerprint density at radius 3 is 2.29 bits per heavy atom. The van der Waals surface area contributed by atoms with Crippen molar-refractivity contribution >= 4 is 27.4 Å². The minimum Gasteiger partial charge on any atom is -0.545 e. The molecule has 0 heterocycles. The molecule has 0 saturated heterocycles. The summed E-state index contributed by atoms with van der Waals surface area (Å²) in [5, 5.41) is 25.2. The van der Waals surface area contributed by atoms with Gasteiger partial charge in [0, 0.05) is 23.2 Å². The molecular weight excluding hydrogens is 485 g/mol. The number of aromatic carboxylic acids is 1. The van der Waals surface area contributed by atoms with Crippen LogP contribution in [0.25, 0.3) is 0 Å². The average molecular weight is 510 g/mol. The van der Waals surface area contributed by atoms with Gasteiger partial charge < -0.3 is 20.3 Å². The standard InChI is InChI=1S/C25H26ClNO5S.Na/c1-16-12-22(10-11-23(16)25(29)30)33(31,32)21-8-6-18(7-9-21)13-17(2)27-15-24(28)19-4-3-5-20(26)14-19;/h3-12,14,17,24,27-28H,13,15H2,1-2H3,(H,29,30);/q;+1/p-1/t17-,24+;/m1./s1. The van der Waals surface area contributed by atoms with E-state index >= 15 is 0 Å². The summed E-state index contributed by atoms with van der Waals surface area (Å²) in [7, 11) is -3.78. The predicted octanol–water partition coefficient (Wildman–Crippen LogP) is 0.103. The predicted molar refractivity (Wildman–Crippen MR) is 125 cm³/mol. The number of nitrogens with one attached hydrogen (secondary N) is 1. The number of halogens is 1. The van der Waals surface area contributed by atoms with E-state index in [0.29, 0.717) is 23.6 Å². The number of aliphatic hydroxyl groups is 1. The summed E-state index contributed by atoms with van der Waals surface area (Å²) in [6.07, 6.45) is -0.0485. The van der Waals surface area contributed by atoms with Crippen molar-refractivity contribution in [3.8, 4) is 0 Å². The molecule has 0 amide bonds. The van der Waals surface area contributed by atoms with Crippen LogP contribution in [0.4, 0.5) is 0 Å². The second-order valence-electron chi connectivity index (χ2n) is 8.00. The van der Waals surface area contributed by atoms with E-state index in [9.17, 15) is 23.4 Å². The largest absolute Gasteiger partial charge is 1.00 e. The van der Waals surface area contributed by atoms with Crippen molar-refractivity contribution in [2.45, 2.75) is 42.2 Å². The van der Waals surface area contributed by atoms with Gasteiger partial charge in [-0.3, -0.25) is 0 Å². The molecule has 0 radical (unpaired) electrons. The van der Waals surface area contributed by atoms with E-state index in [1.165, 1.54) is 25.1 Å². The van der Waals surface area contributed by atoms with Gasteiger partial charge in [0.05, 0.1) is 21.9 Å². The first-order valence-corrected chi connectivity index (χ1v) is 12.3. The van der Waals surface area contributed by atoms with Crippen LogP contribution in [0.2, 0.25) is 5.02 Å². The van der Waals surface area contributed by atoms with Crippen molar-refractivity contribution in [3.05, 3.63) is 94.0 Å². The molecule has 0 saturated carbocycles. The SMILES string of the molecule is Cc1cc(S(=O)(=O)c2ccc(C[C@@H](C)NC[C@H](O)c3cccc(Cl)c3)cc2)ccc1C(=O)[O-].[Na+]. The molecule has 0 aromatic heterocycles. The summed E-state index contributed by atoms with van der Waals surface area (Å²) in [4.78, 5) is 11.2. The molecule has 3 aromatic carbocycles. The van der Waals surface area contributed by atoms with Crippen LogP contribution in [0.3, 0.4) is 0 Å². The number of aliphatic hydroxyl groups excluding tert-OH is 1. The van der Waals surface area contributed by atoms with Gasteiger partial charge in [0.25, 0.3) is 0 Å². The van der Waals surface area contributed by atoms with Gasteiger partial charge in [-0.15, -0.1) is 0 Å². The minimum atomic E-state index is -3.78. The topological polar surface area (TPSA) is 107 Å². The number of hydrogen-bond acceptors (Lipinski definition) is 6. The number of carbonyl (C=O) groups is 1. The molecule has 0 aliphatic rings. The molecule has 0 fully saturated rings. The minimum absolute atomic E-state index is 0. The van der Waals surface area contributed by atoms with Gasteiger partial charge in [0.15, 0.2) is 0 Å². The number of sulfone groups is 1. The maximum atomic E-state index is 12.9. The monoisotopic (exact) mass is 509 g/mol. The third kappa shape index (κ3) is 7.15. The summed E-state index contributed by atoms with van der Waals surface area (Å²) < 4.78 is 25.8. The average Bonchev–Trinajstić information content (AvgIpc) is 2.77. The molecule has 6 nitrogen and oxygen atoms in total. The summed E-state index contributed by atoms with van der Waals surface area (Å²) in [6.45, 7) is 3.87. The summed E-state index contributed by atoms with van der Waals surface area (Å²) in [6, 6.07) is 17.6. The molecule has 0 bridgehead atoms. The van der Waals surface area contributed by atoms with Crippen LogP contribution in [0.1, 0.15) is 40.1 Å². The van der Waals surface area contributed by atoms with Crippen LogP contribution in [-0.2, 0) is 16.3 Å². The number of aryl methyl sites for hydroxylation is 1. The molecule has 2 N–H and O–H groups in total. The number of carbonyl (C=O) groups excluding carboxylic acids is 1. The fourth-order valence-electron chi connectivity index (χ4n) is 3.54. The van der Waals surface area contributed by atoms with Crippen LogP contribution in [0.5, 0.6) is 0 Å². The maximum absolute atomic E-state index is 12.9. The van der Waals surface area contributed by atoms with Crippen molar-refractivity contribution in [2.75, 3.05) is 6.54 Å². The summed E-state index contributed by atoms with van der Waals surface area (Å²) >= 11 is 5.97. The Bertz CT molecular complexity index is 1250. The van der Waals surface area contributed by atoms with Gasteiger partial charge >= 0.3 is 29.6 Å². The maximum Gasteiger partial charge on any atom is 1.00 e. The van der Waals surface area contributed by atoms with Gasteiger partial charge in [0.1, 0.15) is 0 Å². The molecule has 2 atom stereocenters. The van der Waals surface area contributed by atoms with E-state index in [4.69, 9.17) is 11.6 Å². The zero-order chi connectivity index (χ0) is 24.2. The zero-order valence-corrected chi connectivity index (χ0v) is 22.9. The van der Waals surface area contributed by atoms with Crippen molar-refractivity contribution in [3.63, 3.8) is 0 Å². The number of carboxylic acids is 1. The first-order chi connectivity index (χ1) is 15.6. The molecule has 9 heteroatoms. The van der Waals surface area contributed by atoms with Crippen LogP contribution < -0.4 is 40.0 Å². The van der Waals surface area contributed by atoms with Crippen molar-refractivity contribution in [1.29, 1.82) is 0 Å². The third-order valence-electron chi connectivity index (χ3n) is 5.40. The Labute approximate surface area is 227 Å². The second-order valence-corrected chi connectivity index (χ2v) is 10.4. The summed E-state index contributed by atoms with van der Waals surface area (Å²) in [5.41, 5.74) is 1.97. The molecule has 0 spiro atoms.